The summed E-state index contributed by atoms with van der Waals surface area (Å²) in [4.78, 5) is 22.9. The third-order valence-corrected chi connectivity index (χ3v) is 3.94. The zero-order chi connectivity index (χ0) is 18.6. The molecule has 0 unspecified atom stereocenters. The van der Waals surface area contributed by atoms with E-state index in [4.69, 9.17) is 5.11 Å². The van der Waals surface area contributed by atoms with E-state index in [1.807, 2.05) is 0 Å². The summed E-state index contributed by atoms with van der Waals surface area (Å²) >= 11 is 0.744. The van der Waals surface area contributed by atoms with Crippen LogP contribution in [0.25, 0.3) is 0 Å². The lowest BCUT2D eigenvalue weighted by Crippen LogP contribution is -2.10. The van der Waals surface area contributed by atoms with Crippen LogP contribution in [0, 0.1) is 5.82 Å². The van der Waals surface area contributed by atoms with Crippen LogP contribution in [0.5, 0.6) is 0 Å². The van der Waals surface area contributed by atoms with Crippen LogP contribution in [-0.4, -0.2) is 16.3 Å². The Morgan fingerprint density at radius 2 is 1.72 bits per heavy atom. The van der Waals surface area contributed by atoms with E-state index in [-0.39, 0.29) is 11.4 Å². The molecule has 2 aromatic carbocycles. The van der Waals surface area contributed by atoms with Crippen LogP contribution in [-0.2, 0) is 11.9 Å². The highest BCUT2D eigenvalue weighted by atomic mass is 32.2. The molecule has 0 atom stereocenters. The number of halogens is 4. The van der Waals surface area contributed by atoms with Gasteiger partial charge in [-0.3, -0.25) is 4.79 Å². The number of aromatic carboxylic acids is 1. The molecule has 0 saturated carbocycles. The van der Waals surface area contributed by atoms with Crippen molar-refractivity contribution in [3.8, 4) is 0 Å². The second kappa shape index (κ2) is 7.56. The molecular formula is C16H11F4NO3S. The fourth-order valence-corrected chi connectivity index (χ4v) is 2.56. The Balaban J connectivity index is 1.99. The Morgan fingerprint density at radius 1 is 1.08 bits per heavy atom. The number of carboxylic acid groups (broad SMARTS) is 1. The Hall–Kier alpha value is -2.55. The van der Waals surface area contributed by atoms with Gasteiger partial charge in [-0.05, 0) is 35.9 Å². The molecule has 0 aliphatic carbocycles. The van der Waals surface area contributed by atoms with Crippen LogP contribution in [0.1, 0.15) is 21.5 Å². The maximum Gasteiger partial charge on any atom is 0.416 e. The SMILES string of the molecule is O=C(Nc1ccc(F)cc1C(=O)O)SCc1ccc(C(F)(F)F)cc1. The normalized spacial score (nSPS) is 11.2. The molecule has 0 aromatic heterocycles. The number of rotatable bonds is 4. The molecule has 2 N–H and O–H groups in total. The van der Waals surface area contributed by atoms with Gasteiger partial charge in [-0.2, -0.15) is 13.2 Å². The van der Waals surface area contributed by atoms with Gasteiger partial charge in [0.15, 0.2) is 0 Å². The summed E-state index contributed by atoms with van der Waals surface area (Å²) in [6.07, 6.45) is -4.43. The van der Waals surface area contributed by atoms with E-state index in [9.17, 15) is 27.2 Å². The lowest BCUT2D eigenvalue weighted by Gasteiger charge is -2.09. The van der Waals surface area contributed by atoms with E-state index < -0.39 is 34.3 Å². The highest BCUT2D eigenvalue weighted by molar-refractivity contribution is 8.13. The molecule has 2 aromatic rings. The van der Waals surface area contributed by atoms with E-state index in [2.05, 4.69) is 5.32 Å². The van der Waals surface area contributed by atoms with Crippen LogP contribution in [0.2, 0.25) is 0 Å². The molecule has 132 valence electrons. The largest absolute Gasteiger partial charge is 0.478 e. The van der Waals surface area contributed by atoms with Crippen molar-refractivity contribution in [3.05, 3.63) is 65.0 Å². The van der Waals surface area contributed by atoms with Gasteiger partial charge in [0.1, 0.15) is 5.82 Å². The molecule has 25 heavy (non-hydrogen) atoms. The van der Waals surface area contributed by atoms with Crippen molar-refractivity contribution in [2.24, 2.45) is 0 Å². The number of amides is 1. The zero-order valence-corrected chi connectivity index (χ0v) is 13.2. The first kappa shape index (κ1) is 18.8. The average Bonchev–Trinajstić information content (AvgIpc) is 2.54. The van der Waals surface area contributed by atoms with Gasteiger partial charge in [-0.15, -0.1) is 0 Å². The summed E-state index contributed by atoms with van der Waals surface area (Å²) < 4.78 is 50.5. The van der Waals surface area contributed by atoms with E-state index in [0.717, 1.165) is 42.1 Å². The number of thioether (sulfide) groups is 1. The summed E-state index contributed by atoms with van der Waals surface area (Å²) in [6.45, 7) is 0. The molecule has 9 heteroatoms. The molecule has 0 aliphatic heterocycles. The van der Waals surface area contributed by atoms with Crippen molar-refractivity contribution >= 4 is 28.7 Å². The Bertz CT molecular complexity index is 791. The number of hydrogen-bond acceptors (Lipinski definition) is 3. The summed E-state index contributed by atoms with van der Waals surface area (Å²) in [6, 6.07) is 7.23. The van der Waals surface area contributed by atoms with Crippen LogP contribution in [0.3, 0.4) is 0 Å². The van der Waals surface area contributed by atoms with Crippen LogP contribution in [0.15, 0.2) is 42.5 Å². The van der Waals surface area contributed by atoms with Crippen LogP contribution >= 0.6 is 11.8 Å². The van der Waals surface area contributed by atoms with Gasteiger partial charge in [0.05, 0.1) is 16.8 Å². The fraction of sp³-hybridized carbons (Fsp3) is 0.125. The molecule has 2 rings (SSSR count). The third-order valence-electron chi connectivity index (χ3n) is 3.10. The number of hydrogen-bond donors (Lipinski definition) is 2. The van der Waals surface area contributed by atoms with Crippen molar-refractivity contribution in [1.82, 2.24) is 0 Å². The van der Waals surface area contributed by atoms with E-state index in [1.54, 1.807) is 0 Å². The predicted molar refractivity (Wildman–Crippen MR) is 85.1 cm³/mol. The first-order valence-corrected chi connectivity index (χ1v) is 7.78. The van der Waals surface area contributed by atoms with Crippen molar-refractivity contribution in [2.45, 2.75) is 11.9 Å². The molecule has 0 saturated heterocycles. The molecule has 0 spiro atoms. The average molecular weight is 373 g/mol. The van der Waals surface area contributed by atoms with Crippen molar-refractivity contribution in [3.63, 3.8) is 0 Å². The zero-order valence-electron chi connectivity index (χ0n) is 12.4. The van der Waals surface area contributed by atoms with Gasteiger partial charge in [-0.25, -0.2) is 9.18 Å². The fourth-order valence-electron chi connectivity index (χ4n) is 1.89. The Labute approximate surface area is 143 Å². The maximum atomic E-state index is 13.1. The van der Waals surface area contributed by atoms with Gasteiger partial charge in [0.25, 0.3) is 5.24 Å². The first-order valence-electron chi connectivity index (χ1n) is 6.79. The minimum Gasteiger partial charge on any atom is -0.478 e. The minimum atomic E-state index is -4.43. The maximum absolute atomic E-state index is 13.1. The number of anilines is 1. The number of benzene rings is 2. The van der Waals surface area contributed by atoms with Crippen LogP contribution in [0.4, 0.5) is 28.0 Å². The second-order valence-corrected chi connectivity index (χ2v) is 5.84. The molecule has 0 heterocycles. The lowest BCUT2D eigenvalue weighted by atomic mass is 10.1. The monoisotopic (exact) mass is 373 g/mol. The van der Waals surface area contributed by atoms with Crippen molar-refractivity contribution < 1.29 is 32.3 Å². The third kappa shape index (κ3) is 5.21. The second-order valence-electron chi connectivity index (χ2n) is 4.89. The van der Waals surface area contributed by atoms with Gasteiger partial charge in [0.2, 0.25) is 0 Å². The highest BCUT2D eigenvalue weighted by Crippen LogP contribution is 2.29. The number of carbonyl (C=O) groups excluding carboxylic acids is 1. The number of carboxylic acids is 1. The lowest BCUT2D eigenvalue weighted by molar-refractivity contribution is -0.137. The van der Waals surface area contributed by atoms with Crippen molar-refractivity contribution in [1.29, 1.82) is 0 Å². The standard InChI is InChI=1S/C16H11F4NO3S/c17-11-5-6-13(12(7-11)14(22)23)21-15(24)25-8-9-1-3-10(4-2-9)16(18,19)20/h1-7H,8H2,(H,21,24)(H,22,23). The van der Waals surface area contributed by atoms with Gasteiger partial charge >= 0.3 is 12.1 Å². The molecule has 1 amide bonds. The molecule has 0 fully saturated rings. The number of alkyl halides is 3. The van der Waals surface area contributed by atoms with Gasteiger partial charge in [-0.1, -0.05) is 23.9 Å². The van der Waals surface area contributed by atoms with E-state index in [0.29, 0.717) is 5.56 Å². The molecule has 0 bridgehead atoms. The first-order chi connectivity index (χ1) is 11.7. The predicted octanol–water partition coefficient (Wildman–Crippen LogP) is 5.01. The Morgan fingerprint density at radius 3 is 2.28 bits per heavy atom. The van der Waals surface area contributed by atoms with Crippen LogP contribution < -0.4 is 5.32 Å². The summed E-state index contributed by atoms with van der Waals surface area (Å²) in [5.41, 5.74) is -0.767. The number of nitrogens with one attached hydrogen (secondary N) is 1. The smallest absolute Gasteiger partial charge is 0.416 e. The van der Waals surface area contributed by atoms with Crippen molar-refractivity contribution in [2.75, 3.05) is 5.32 Å². The summed E-state index contributed by atoms with van der Waals surface area (Å²) in [5, 5.41) is 10.7. The highest BCUT2D eigenvalue weighted by Gasteiger charge is 2.29. The van der Waals surface area contributed by atoms with Gasteiger partial charge in [0, 0.05) is 5.75 Å². The summed E-state index contributed by atoms with van der Waals surface area (Å²) in [5.74, 6) is -2.07. The quantitative estimate of drug-likeness (QED) is 0.740. The topological polar surface area (TPSA) is 66.4 Å². The van der Waals surface area contributed by atoms with E-state index in [1.165, 1.54) is 12.1 Å². The molecule has 4 nitrogen and oxygen atoms in total. The summed E-state index contributed by atoms with van der Waals surface area (Å²) in [7, 11) is 0. The molecular weight excluding hydrogens is 362 g/mol. The molecule has 0 aliphatic rings. The minimum absolute atomic E-state index is 0.0705. The number of carbonyl (C=O) groups is 2. The van der Waals surface area contributed by atoms with Gasteiger partial charge < -0.3 is 10.4 Å². The van der Waals surface area contributed by atoms with E-state index >= 15 is 0 Å². The molecule has 0 radical (unpaired) electrons. The Kier molecular flexibility index (Phi) is 5.68.